The Bertz CT molecular complexity index is 260. The van der Waals surface area contributed by atoms with Crippen LogP contribution in [0.5, 0.6) is 0 Å². The standard InChI is InChI=1S/C10H14FNO/c1-2-9(13)10(12)7-3-5-8(11)6-4-7/h3-6,9-10,13H,2,12H2,1H3. The van der Waals surface area contributed by atoms with Crippen molar-refractivity contribution in [1.29, 1.82) is 0 Å². The zero-order valence-electron chi connectivity index (χ0n) is 7.57. The van der Waals surface area contributed by atoms with E-state index in [2.05, 4.69) is 0 Å². The molecule has 13 heavy (non-hydrogen) atoms. The molecule has 2 nitrogen and oxygen atoms in total. The van der Waals surface area contributed by atoms with Gasteiger partial charge in [-0.3, -0.25) is 0 Å². The fraction of sp³-hybridized carbons (Fsp3) is 0.400. The second-order valence-electron chi connectivity index (χ2n) is 3.05. The summed E-state index contributed by atoms with van der Waals surface area (Å²) in [6.45, 7) is 1.86. The highest BCUT2D eigenvalue weighted by Crippen LogP contribution is 2.16. The molecule has 0 aromatic heterocycles. The second-order valence-corrected chi connectivity index (χ2v) is 3.05. The smallest absolute Gasteiger partial charge is 0.123 e. The molecule has 0 aliphatic heterocycles. The zero-order chi connectivity index (χ0) is 9.84. The van der Waals surface area contributed by atoms with E-state index >= 15 is 0 Å². The van der Waals surface area contributed by atoms with Gasteiger partial charge in [0.25, 0.3) is 0 Å². The number of aliphatic hydroxyl groups excluding tert-OH is 1. The van der Waals surface area contributed by atoms with E-state index in [1.807, 2.05) is 6.92 Å². The van der Waals surface area contributed by atoms with Crippen molar-refractivity contribution in [3.8, 4) is 0 Å². The lowest BCUT2D eigenvalue weighted by molar-refractivity contribution is 0.140. The third-order valence-corrected chi connectivity index (χ3v) is 2.09. The molecule has 1 aromatic carbocycles. The first-order chi connectivity index (χ1) is 6.15. The van der Waals surface area contributed by atoms with Crippen LogP contribution in [0.15, 0.2) is 24.3 Å². The Balaban J connectivity index is 2.77. The highest BCUT2D eigenvalue weighted by molar-refractivity contribution is 5.20. The van der Waals surface area contributed by atoms with E-state index in [1.165, 1.54) is 12.1 Å². The van der Waals surface area contributed by atoms with Crippen LogP contribution in [-0.2, 0) is 0 Å². The van der Waals surface area contributed by atoms with Crippen LogP contribution < -0.4 is 5.73 Å². The molecule has 0 spiro atoms. The third kappa shape index (κ3) is 2.50. The van der Waals surface area contributed by atoms with Crippen molar-refractivity contribution in [1.82, 2.24) is 0 Å². The second kappa shape index (κ2) is 4.35. The van der Waals surface area contributed by atoms with E-state index < -0.39 is 12.1 Å². The van der Waals surface area contributed by atoms with Crippen LogP contribution in [0, 0.1) is 5.82 Å². The predicted molar refractivity (Wildman–Crippen MR) is 49.6 cm³/mol. The summed E-state index contributed by atoms with van der Waals surface area (Å²) >= 11 is 0. The lowest BCUT2D eigenvalue weighted by Gasteiger charge is -2.17. The van der Waals surface area contributed by atoms with Gasteiger partial charge >= 0.3 is 0 Å². The lowest BCUT2D eigenvalue weighted by Crippen LogP contribution is -2.25. The van der Waals surface area contributed by atoms with Gasteiger partial charge in [-0.2, -0.15) is 0 Å². The van der Waals surface area contributed by atoms with Gasteiger partial charge in [0, 0.05) is 0 Å². The maximum atomic E-state index is 12.5. The van der Waals surface area contributed by atoms with Crippen molar-refractivity contribution in [2.45, 2.75) is 25.5 Å². The maximum absolute atomic E-state index is 12.5. The van der Waals surface area contributed by atoms with Gasteiger partial charge in [0.05, 0.1) is 12.1 Å². The Morgan fingerprint density at radius 3 is 2.38 bits per heavy atom. The van der Waals surface area contributed by atoms with E-state index in [0.717, 1.165) is 5.56 Å². The van der Waals surface area contributed by atoms with E-state index in [4.69, 9.17) is 5.73 Å². The predicted octanol–water partition coefficient (Wildman–Crippen LogP) is 1.60. The summed E-state index contributed by atoms with van der Waals surface area (Å²) in [4.78, 5) is 0. The molecule has 0 aliphatic carbocycles. The van der Waals surface area contributed by atoms with Crippen LogP contribution in [0.4, 0.5) is 4.39 Å². The van der Waals surface area contributed by atoms with Crippen molar-refractivity contribution in [2.75, 3.05) is 0 Å². The molecule has 2 unspecified atom stereocenters. The minimum atomic E-state index is -0.564. The molecule has 1 rings (SSSR count). The average Bonchev–Trinajstić information content (AvgIpc) is 2.17. The summed E-state index contributed by atoms with van der Waals surface area (Å²) in [5.74, 6) is -0.290. The number of hydrogen-bond donors (Lipinski definition) is 2. The van der Waals surface area contributed by atoms with Gasteiger partial charge < -0.3 is 10.8 Å². The molecular formula is C10H14FNO. The molecule has 0 radical (unpaired) electrons. The molecule has 0 aliphatic rings. The number of hydrogen-bond acceptors (Lipinski definition) is 2. The largest absolute Gasteiger partial charge is 0.391 e. The van der Waals surface area contributed by atoms with Gasteiger partial charge in [0.2, 0.25) is 0 Å². The Hall–Kier alpha value is -0.930. The van der Waals surface area contributed by atoms with Gasteiger partial charge in [0.15, 0.2) is 0 Å². The van der Waals surface area contributed by atoms with Gasteiger partial charge in [-0.1, -0.05) is 19.1 Å². The fourth-order valence-corrected chi connectivity index (χ4v) is 1.16. The Morgan fingerprint density at radius 2 is 1.92 bits per heavy atom. The molecule has 0 bridgehead atoms. The van der Waals surface area contributed by atoms with Crippen LogP contribution in [0.1, 0.15) is 24.9 Å². The lowest BCUT2D eigenvalue weighted by atomic mass is 10.0. The van der Waals surface area contributed by atoms with Gasteiger partial charge in [-0.05, 0) is 24.1 Å². The monoisotopic (exact) mass is 183 g/mol. The van der Waals surface area contributed by atoms with Gasteiger partial charge in [0.1, 0.15) is 5.82 Å². The third-order valence-electron chi connectivity index (χ3n) is 2.09. The molecule has 3 heteroatoms. The number of nitrogens with two attached hydrogens (primary N) is 1. The number of aliphatic hydroxyl groups is 1. The Morgan fingerprint density at radius 1 is 1.38 bits per heavy atom. The summed E-state index contributed by atoms with van der Waals surface area (Å²) in [6.07, 6.45) is 0.0314. The molecule has 1 aromatic rings. The average molecular weight is 183 g/mol. The highest BCUT2D eigenvalue weighted by Gasteiger charge is 2.14. The first-order valence-corrected chi connectivity index (χ1v) is 4.34. The summed E-state index contributed by atoms with van der Waals surface area (Å²) in [5.41, 5.74) is 6.49. The Labute approximate surface area is 77.2 Å². The topological polar surface area (TPSA) is 46.2 Å². The quantitative estimate of drug-likeness (QED) is 0.747. The molecule has 0 saturated heterocycles. The number of halogens is 1. The van der Waals surface area contributed by atoms with Crippen LogP contribution >= 0.6 is 0 Å². The maximum Gasteiger partial charge on any atom is 0.123 e. The molecular weight excluding hydrogens is 169 g/mol. The summed E-state index contributed by atoms with van der Waals surface area (Å²) in [7, 11) is 0. The minimum absolute atomic E-state index is 0.290. The SMILES string of the molecule is CCC(O)C(N)c1ccc(F)cc1. The summed E-state index contributed by atoms with van der Waals surface area (Å²) in [6, 6.07) is 5.46. The molecule has 3 N–H and O–H groups in total. The first-order valence-electron chi connectivity index (χ1n) is 4.34. The van der Waals surface area contributed by atoms with Crippen molar-refractivity contribution >= 4 is 0 Å². The minimum Gasteiger partial charge on any atom is -0.391 e. The molecule has 0 saturated carbocycles. The van der Waals surface area contributed by atoms with E-state index in [-0.39, 0.29) is 5.82 Å². The van der Waals surface area contributed by atoms with Crippen LogP contribution in [-0.4, -0.2) is 11.2 Å². The van der Waals surface area contributed by atoms with Crippen LogP contribution in [0.3, 0.4) is 0 Å². The van der Waals surface area contributed by atoms with Gasteiger partial charge in [-0.15, -0.1) is 0 Å². The fourth-order valence-electron chi connectivity index (χ4n) is 1.16. The number of benzene rings is 1. The zero-order valence-corrected chi connectivity index (χ0v) is 7.57. The van der Waals surface area contributed by atoms with E-state index in [9.17, 15) is 9.50 Å². The summed E-state index contributed by atoms with van der Waals surface area (Å²) < 4.78 is 12.5. The molecule has 2 atom stereocenters. The van der Waals surface area contributed by atoms with Crippen molar-refractivity contribution in [3.63, 3.8) is 0 Å². The molecule has 0 amide bonds. The molecule has 72 valence electrons. The van der Waals surface area contributed by atoms with Crippen molar-refractivity contribution < 1.29 is 9.50 Å². The van der Waals surface area contributed by atoms with E-state index in [1.54, 1.807) is 12.1 Å². The van der Waals surface area contributed by atoms with Crippen LogP contribution in [0.2, 0.25) is 0 Å². The normalized spacial score (nSPS) is 15.4. The van der Waals surface area contributed by atoms with Crippen molar-refractivity contribution in [2.24, 2.45) is 5.73 Å². The van der Waals surface area contributed by atoms with Gasteiger partial charge in [-0.25, -0.2) is 4.39 Å². The molecule has 0 fully saturated rings. The summed E-state index contributed by atoms with van der Waals surface area (Å²) in [5, 5.41) is 9.43. The number of rotatable bonds is 3. The highest BCUT2D eigenvalue weighted by atomic mass is 19.1. The van der Waals surface area contributed by atoms with Crippen LogP contribution in [0.25, 0.3) is 0 Å². The first kappa shape index (κ1) is 10.2. The molecule has 0 heterocycles. The Kier molecular flexibility index (Phi) is 3.39. The van der Waals surface area contributed by atoms with Crippen molar-refractivity contribution in [3.05, 3.63) is 35.6 Å². The van der Waals surface area contributed by atoms with E-state index in [0.29, 0.717) is 6.42 Å².